The van der Waals surface area contributed by atoms with Gasteiger partial charge in [-0.05, 0) is 42.0 Å². The van der Waals surface area contributed by atoms with Crippen LogP contribution in [-0.4, -0.2) is 37.9 Å². The molecule has 2 fully saturated rings. The Bertz CT molecular complexity index is 473. The first-order valence-corrected chi connectivity index (χ1v) is 8.42. The van der Waals surface area contributed by atoms with Crippen LogP contribution in [0.25, 0.3) is 0 Å². The number of amides is 1. The summed E-state index contributed by atoms with van der Waals surface area (Å²) >= 11 is 1.43. The number of carbonyl (C=O) groups is 1. The number of carbonyl (C=O) groups excluding carboxylic acids is 1. The maximum atomic E-state index is 12.0. The fourth-order valence-electron chi connectivity index (χ4n) is 2.74. The lowest BCUT2D eigenvalue weighted by molar-refractivity contribution is -0.119. The van der Waals surface area contributed by atoms with E-state index < -0.39 is 0 Å². The highest BCUT2D eigenvalue weighted by Gasteiger charge is 2.28. The van der Waals surface area contributed by atoms with Gasteiger partial charge >= 0.3 is 0 Å². The summed E-state index contributed by atoms with van der Waals surface area (Å²) in [5, 5.41) is 15.6. The lowest BCUT2D eigenvalue weighted by Crippen LogP contribution is -2.41. The number of nitrogens with one attached hydrogen (secondary N) is 1. The Morgan fingerprint density at radius 3 is 2.90 bits per heavy atom. The zero-order valence-corrected chi connectivity index (χ0v) is 12.6. The lowest BCUT2D eigenvalue weighted by Gasteiger charge is -2.29. The molecule has 2 aliphatic rings. The molecule has 0 bridgehead atoms. The molecule has 0 aromatic carbocycles. The minimum atomic E-state index is 0.0964. The zero-order valence-electron chi connectivity index (χ0n) is 11.8. The Morgan fingerprint density at radius 2 is 2.15 bits per heavy atom. The Hall–Kier alpha value is -1.11. The minimum absolute atomic E-state index is 0.0964. The van der Waals surface area contributed by atoms with E-state index in [0.29, 0.717) is 23.8 Å². The quantitative estimate of drug-likeness (QED) is 0.839. The second-order valence-corrected chi connectivity index (χ2v) is 6.80. The summed E-state index contributed by atoms with van der Waals surface area (Å²) in [7, 11) is 0. The number of hydrogen-bond donors (Lipinski definition) is 1. The van der Waals surface area contributed by atoms with Gasteiger partial charge in [-0.25, -0.2) is 4.68 Å². The summed E-state index contributed by atoms with van der Waals surface area (Å²) in [5.41, 5.74) is 0. The number of nitrogens with zero attached hydrogens (tertiary/aromatic N) is 4. The van der Waals surface area contributed by atoms with Gasteiger partial charge in [0.2, 0.25) is 11.1 Å². The van der Waals surface area contributed by atoms with E-state index in [1.54, 1.807) is 0 Å². The molecule has 2 atom stereocenters. The molecule has 2 saturated carbocycles. The largest absolute Gasteiger partial charge is 0.352 e. The molecule has 2 unspecified atom stereocenters. The van der Waals surface area contributed by atoms with E-state index in [1.807, 2.05) is 4.68 Å². The molecule has 3 rings (SSSR count). The highest BCUT2D eigenvalue weighted by atomic mass is 32.2. The monoisotopic (exact) mass is 295 g/mol. The van der Waals surface area contributed by atoms with Crippen LogP contribution in [0.3, 0.4) is 0 Å². The van der Waals surface area contributed by atoms with Crippen molar-refractivity contribution >= 4 is 17.7 Å². The van der Waals surface area contributed by atoms with Crippen LogP contribution in [-0.2, 0) is 4.79 Å². The first kappa shape index (κ1) is 13.9. The van der Waals surface area contributed by atoms with E-state index in [0.717, 1.165) is 24.4 Å². The molecule has 110 valence electrons. The van der Waals surface area contributed by atoms with Crippen molar-refractivity contribution in [3.63, 3.8) is 0 Å². The minimum Gasteiger partial charge on any atom is -0.352 e. The number of rotatable bonds is 5. The van der Waals surface area contributed by atoms with Gasteiger partial charge in [0.25, 0.3) is 0 Å². The Labute approximate surface area is 123 Å². The second kappa shape index (κ2) is 6.11. The zero-order chi connectivity index (χ0) is 13.9. The van der Waals surface area contributed by atoms with Crippen LogP contribution in [0.5, 0.6) is 0 Å². The van der Waals surface area contributed by atoms with Gasteiger partial charge in [-0.15, -0.1) is 5.10 Å². The normalized spacial score (nSPS) is 26.4. The third-order valence-electron chi connectivity index (χ3n) is 4.15. The molecule has 0 radical (unpaired) electrons. The molecule has 1 aromatic rings. The molecule has 20 heavy (non-hydrogen) atoms. The first-order valence-electron chi connectivity index (χ1n) is 7.44. The average molecular weight is 295 g/mol. The summed E-state index contributed by atoms with van der Waals surface area (Å²) in [4.78, 5) is 12.0. The number of thioether (sulfide) groups is 1. The van der Waals surface area contributed by atoms with Crippen molar-refractivity contribution < 1.29 is 4.79 Å². The van der Waals surface area contributed by atoms with E-state index in [2.05, 4.69) is 27.8 Å². The summed E-state index contributed by atoms with van der Waals surface area (Å²) < 4.78 is 1.85. The molecule has 6 nitrogen and oxygen atoms in total. The van der Waals surface area contributed by atoms with Gasteiger partial charge in [0.05, 0.1) is 11.8 Å². The van der Waals surface area contributed by atoms with Crippen LogP contribution in [0.4, 0.5) is 0 Å². The molecule has 1 amide bonds. The maximum Gasteiger partial charge on any atom is 0.230 e. The molecular formula is C13H21N5OS. The van der Waals surface area contributed by atoms with Gasteiger partial charge in [0, 0.05) is 6.04 Å². The van der Waals surface area contributed by atoms with E-state index in [-0.39, 0.29) is 5.91 Å². The van der Waals surface area contributed by atoms with Crippen LogP contribution in [0.2, 0.25) is 0 Å². The Morgan fingerprint density at radius 1 is 1.35 bits per heavy atom. The van der Waals surface area contributed by atoms with Crippen LogP contribution < -0.4 is 5.32 Å². The third-order valence-corrected chi connectivity index (χ3v) is 5.08. The fraction of sp³-hybridized carbons (Fsp3) is 0.846. The SMILES string of the molecule is CC1CCCCC1NC(=O)CSc1nnnn1C1CC1. The molecule has 0 spiro atoms. The van der Waals surface area contributed by atoms with Gasteiger partial charge in [0.15, 0.2) is 0 Å². The molecule has 0 aliphatic heterocycles. The van der Waals surface area contributed by atoms with E-state index in [1.165, 1.54) is 31.0 Å². The van der Waals surface area contributed by atoms with Crippen molar-refractivity contribution in [1.29, 1.82) is 0 Å². The molecule has 1 heterocycles. The van der Waals surface area contributed by atoms with Gasteiger partial charge < -0.3 is 5.32 Å². The predicted octanol–water partition coefficient (Wildman–Crippen LogP) is 1.79. The summed E-state index contributed by atoms with van der Waals surface area (Å²) in [6.07, 6.45) is 7.13. The van der Waals surface area contributed by atoms with Crippen LogP contribution in [0.15, 0.2) is 5.16 Å². The number of aromatic nitrogens is 4. The first-order chi connectivity index (χ1) is 9.74. The second-order valence-electron chi connectivity index (χ2n) is 5.86. The lowest BCUT2D eigenvalue weighted by atomic mass is 9.86. The van der Waals surface area contributed by atoms with Crippen LogP contribution >= 0.6 is 11.8 Å². The van der Waals surface area contributed by atoms with E-state index >= 15 is 0 Å². The smallest absolute Gasteiger partial charge is 0.230 e. The highest BCUT2D eigenvalue weighted by Crippen LogP contribution is 2.36. The van der Waals surface area contributed by atoms with Crippen LogP contribution in [0.1, 0.15) is 51.5 Å². The molecular weight excluding hydrogens is 274 g/mol. The van der Waals surface area contributed by atoms with Gasteiger partial charge in [-0.2, -0.15) is 0 Å². The van der Waals surface area contributed by atoms with Gasteiger partial charge in [0.1, 0.15) is 0 Å². The summed E-state index contributed by atoms with van der Waals surface area (Å²) in [6, 6.07) is 0.796. The molecule has 7 heteroatoms. The highest BCUT2D eigenvalue weighted by molar-refractivity contribution is 7.99. The molecule has 2 aliphatic carbocycles. The van der Waals surface area contributed by atoms with Gasteiger partial charge in [-0.1, -0.05) is 31.5 Å². The number of tetrazole rings is 1. The average Bonchev–Trinajstić information content (AvgIpc) is 3.18. The van der Waals surface area contributed by atoms with Crippen molar-refractivity contribution in [2.45, 2.75) is 62.7 Å². The van der Waals surface area contributed by atoms with Crippen molar-refractivity contribution in [3.05, 3.63) is 0 Å². The predicted molar refractivity (Wildman–Crippen MR) is 76.4 cm³/mol. The van der Waals surface area contributed by atoms with Crippen LogP contribution in [0, 0.1) is 5.92 Å². The summed E-state index contributed by atoms with van der Waals surface area (Å²) in [5.74, 6) is 1.09. The van der Waals surface area contributed by atoms with Gasteiger partial charge in [-0.3, -0.25) is 4.79 Å². The maximum absolute atomic E-state index is 12.0. The molecule has 1 N–H and O–H groups in total. The fourth-order valence-corrected chi connectivity index (χ4v) is 3.49. The van der Waals surface area contributed by atoms with Crippen molar-refractivity contribution in [1.82, 2.24) is 25.5 Å². The summed E-state index contributed by atoms with van der Waals surface area (Å²) in [6.45, 7) is 2.23. The third kappa shape index (κ3) is 3.31. The van der Waals surface area contributed by atoms with E-state index in [4.69, 9.17) is 0 Å². The topological polar surface area (TPSA) is 72.7 Å². The molecule has 1 aromatic heterocycles. The van der Waals surface area contributed by atoms with Crippen molar-refractivity contribution in [2.75, 3.05) is 5.75 Å². The Balaban J connectivity index is 1.47. The van der Waals surface area contributed by atoms with Crippen molar-refractivity contribution in [2.24, 2.45) is 5.92 Å². The van der Waals surface area contributed by atoms with Crippen molar-refractivity contribution in [3.8, 4) is 0 Å². The molecule has 0 saturated heterocycles. The standard InChI is InChI=1S/C13H21N5OS/c1-9-4-2-3-5-11(9)14-12(19)8-20-13-15-16-17-18(13)10-6-7-10/h9-11H,2-8H2,1H3,(H,14,19). The Kier molecular flexibility index (Phi) is 4.24. The number of hydrogen-bond acceptors (Lipinski definition) is 5. The van der Waals surface area contributed by atoms with E-state index in [9.17, 15) is 4.79 Å².